The van der Waals surface area contributed by atoms with E-state index in [1.807, 2.05) is 34.6 Å². The maximum absolute atomic E-state index is 11.8. The van der Waals surface area contributed by atoms with E-state index < -0.39 is 5.60 Å². The largest absolute Gasteiger partial charge is 0.444 e. The van der Waals surface area contributed by atoms with E-state index >= 15 is 0 Å². The average molecular weight is 271 g/mol. The third-order valence-corrected chi connectivity index (χ3v) is 3.06. The summed E-state index contributed by atoms with van der Waals surface area (Å²) in [7, 11) is 2.13. The Morgan fingerprint density at radius 3 is 2.42 bits per heavy atom. The number of hydrogen-bond donors (Lipinski definition) is 2. The predicted molar refractivity (Wildman–Crippen MR) is 77.4 cm³/mol. The van der Waals surface area contributed by atoms with Crippen LogP contribution in [0, 0.1) is 0 Å². The molecule has 0 aromatic rings. The number of ether oxygens (including phenoxy) is 1. The minimum Gasteiger partial charge on any atom is -0.444 e. The van der Waals surface area contributed by atoms with Crippen molar-refractivity contribution in [1.82, 2.24) is 15.5 Å². The van der Waals surface area contributed by atoms with Gasteiger partial charge < -0.3 is 20.3 Å². The third-order valence-electron chi connectivity index (χ3n) is 3.06. The summed E-state index contributed by atoms with van der Waals surface area (Å²) >= 11 is 0. The van der Waals surface area contributed by atoms with Crippen LogP contribution in [0.1, 0.15) is 41.0 Å². The molecular formula is C14H29N3O2. The summed E-state index contributed by atoms with van der Waals surface area (Å²) in [6, 6.07) is 0.518. The molecule has 0 aromatic heterocycles. The number of amides is 1. The molecule has 2 N–H and O–H groups in total. The van der Waals surface area contributed by atoms with Crippen molar-refractivity contribution in [3.05, 3.63) is 0 Å². The van der Waals surface area contributed by atoms with Gasteiger partial charge in [-0.2, -0.15) is 0 Å². The third kappa shape index (κ3) is 6.78. The van der Waals surface area contributed by atoms with Crippen molar-refractivity contribution in [1.29, 1.82) is 0 Å². The van der Waals surface area contributed by atoms with Crippen molar-refractivity contribution >= 4 is 6.09 Å². The van der Waals surface area contributed by atoms with Crippen molar-refractivity contribution in [2.45, 2.75) is 58.2 Å². The van der Waals surface area contributed by atoms with E-state index in [1.54, 1.807) is 0 Å². The van der Waals surface area contributed by atoms with Crippen LogP contribution in [0.5, 0.6) is 0 Å². The molecule has 1 heterocycles. The van der Waals surface area contributed by atoms with Crippen LogP contribution in [0.25, 0.3) is 0 Å². The van der Waals surface area contributed by atoms with Gasteiger partial charge in [0.1, 0.15) is 5.60 Å². The number of hydrogen-bond acceptors (Lipinski definition) is 4. The summed E-state index contributed by atoms with van der Waals surface area (Å²) in [6.07, 6.45) is 0.807. The number of nitrogens with one attached hydrogen (secondary N) is 2. The number of alkyl carbamates (subject to hydrolysis) is 1. The Morgan fingerprint density at radius 1 is 1.32 bits per heavy atom. The maximum Gasteiger partial charge on any atom is 0.408 e. The second kappa shape index (κ2) is 6.09. The van der Waals surface area contributed by atoms with Gasteiger partial charge in [-0.05, 0) is 54.6 Å². The van der Waals surface area contributed by atoms with Crippen molar-refractivity contribution < 1.29 is 9.53 Å². The Bertz CT molecular complexity index is 310. The minimum absolute atomic E-state index is 0.316. The minimum atomic E-state index is -0.457. The summed E-state index contributed by atoms with van der Waals surface area (Å²) in [4.78, 5) is 14.1. The summed E-state index contributed by atoms with van der Waals surface area (Å²) < 4.78 is 5.28. The van der Waals surface area contributed by atoms with E-state index in [9.17, 15) is 4.79 Å². The molecule has 1 unspecified atom stereocenters. The van der Waals surface area contributed by atoms with Crippen LogP contribution >= 0.6 is 0 Å². The van der Waals surface area contributed by atoms with Gasteiger partial charge in [-0.3, -0.25) is 0 Å². The first-order valence-corrected chi connectivity index (χ1v) is 7.00. The lowest BCUT2D eigenvalue weighted by molar-refractivity contribution is 0.0471. The summed E-state index contributed by atoms with van der Waals surface area (Å²) in [5.41, 5.74) is -0.773. The molecule has 112 valence electrons. The number of nitrogens with zero attached hydrogens (tertiary/aromatic N) is 1. The number of carbonyl (C=O) groups is 1. The molecule has 1 aliphatic rings. The Balaban J connectivity index is 2.32. The van der Waals surface area contributed by atoms with Crippen molar-refractivity contribution in [3.63, 3.8) is 0 Å². The zero-order chi connectivity index (χ0) is 14.7. The highest BCUT2D eigenvalue weighted by atomic mass is 16.6. The summed E-state index contributed by atoms with van der Waals surface area (Å²) in [5, 5.41) is 6.42. The molecule has 1 amide bonds. The van der Waals surface area contributed by atoms with Gasteiger partial charge in [0.15, 0.2) is 0 Å². The second-order valence-electron chi connectivity index (χ2n) is 7.14. The van der Waals surface area contributed by atoms with Crippen LogP contribution in [0.2, 0.25) is 0 Å². The van der Waals surface area contributed by atoms with E-state index in [4.69, 9.17) is 4.74 Å². The monoisotopic (exact) mass is 271 g/mol. The van der Waals surface area contributed by atoms with Crippen LogP contribution in [0.4, 0.5) is 4.79 Å². The molecule has 1 saturated heterocycles. The molecule has 1 rings (SSSR count). The lowest BCUT2D eigenvalue weighted by Crippen LogP contribution is -2.53. The standard InChI is InChI=1S/C14H29N3O2/c1-13(2,3)19-12(18)16-14(4,5)10-15-11-7-8-17(6)9-11/h11,15H,7-10H2,1-6H3,(H,16,18). The highest BCUT2D eigenvalue weighted by Gasteiger charge is 2.26. The fraction of sp³-hybridized carbons (Fsp3) is 0.929. The maximum atomic E-state index is 11.8. The second-order valence-corrected chi connectivity index (χ2v) is 7.14. The van der Waals surface area contributed by atoms with E-state index in [0.717, 1.165) is 19.6 Å². The highest BCUT2D eigenvalue weighted by molar-refractivity contribution is 5.68. The van der Waals surface area contributed by atoms with Gasteiger partial charge in [0.2, 0.25) is 0 Å². The van der Waals surface area contributed by atoms with E-state index in [0.29, 0.717) is 6.04 Å². The van der Waals surface area contributed by atoms with Gasteiger partial charge in [-0.1, -0.05) is 0 Å². The molecular weight excluding hydrogens is 242 g/mol. The normalized spacial score (nSPS) is 21.5. The van der Waals surface area contributed by atoms with Gasteiger partial charge in [0, 0.05) is 19.1 Å². The quantitative estimate of drug-likeness (QED) is 0.815. The van der Waals surface area contributed by atoms with Crippen LogP contribution in [0.15, 0.2) is 0 Å². The van der Waals surface area contributed by atoms with Gasteiger partial charge >= 0.3 is 6.09 Å². The Hall–Kier alpha value is -0.810. The first kappa shape index (κ1) is 16.2. The summed E-state index contributed by atoms with van der Waals surface area (Å²) in [5.74, 6) is 0. The summed E-state index contributed by atoms with van der Waals surface area (Å²) in [6.45, 7) is 12.6. The fourth-order valence-corrected chi connectivity index (χ4v) is 2.13. The topological polar surface area (TPSA) is 53.6 Å². The number of carbonyl (C=O) groups excluding carboxylic acids is 1. The molecule has 19 heavy (non-hydrogen) atoms. The molecule has 0 bridgehead atoms. The molecule has 1 atom stereocenters. The molecule has 1 aliphatic heterocycles. The molecule has 0 radical (unpaired) electrons. The fourth-order valence-electron chi connectivity index (χ4n) is 2.13. The highest BCUT2D eigenvalue weighted by Crippen LogP contribution is 2.11. The Labute approximate surface area is 117 Å². The zero-order valence-electron chi connectivity index (χ0n) is 13.2. The van der Waals surface area contributed by atoms with Crippen molar-refractivity contribution in [2.24, 2.45) is 0 Å². The van der Waals surface area contributed by atoms with Crippen LogP contribution in [-0.2, 0) is 4.74 Å². The lowest BCUT2D eigenvalue weighted by Gasteiger charge is -2.30. The van der Waals surface area contributed by atoms with Crippen molar-refractivity contribution in [2.75, 3.05) is 26.7 Å². The number of likely N-dealkylation sites (N-methyl/N-ethyl adjacent to an activating group) is 1. The first-order valence-electron chi connectivity index (χ1n) is 7.00. The van der Waals surface area contributed by atoms with Crippen LogP contribution in [-0.4, -0.2) is 54.9 Å². The van der Waals surface area contributed by atoms with Gasteiger partial charge in [0.25, 0.3) is 0 Å². The van der Waals surface area contributed by atoms with Gasteiger partial charge in [0.05, 0.1) is 5.54 Å². The first-order chi connectivity index (χ1) is 8.57. The lowest BCUT2D eigenvalue weighted by atomic mass is 10.1. The van der Waals surface area contributed by atoms with E-state index in [1.165, 1.54) is 6.42 Å². The van der Waals surface area contributed by atoms with Gasteiger partial charge in [-0.25, -0.2) is 4.79 Å². The zero-order valence-corrected chi connectivity index (χ0v) is 13.2. The average Bonchev–Trinajstić information content (AvgIpc) is 2.57. The SMILES string of the molecule is CN1CCC(NCC(C)(C)NC(=O)OC(C)(C)C)C1. The molecule has 0 saturated carbocycles. The smallest absolute Gasteiger partial charge is 0.408 e. The molecule has 0 aliphatic carbocycles. The Kier molecular flexibility index (Phi) is 5.21. The Morgan fingerprint density at radius 2 is 1.95 bits per heavy atom. The van der Waals surface area contributed by atoms with Crippen molar-refractivity contribution in [3.8, 4) is 0 Å². The number of rotatable bonds is 4. The van der Waals surface area contributed by atoms with E-state index in [-0.39, 0.29) is 11.6 Å². The molecule has 0 spiro atoms. The van der Waals surface area contributed by atoms with E-state index in [2.05, 4.69) is 22.6 Å². The van der Waals surface area contributed by atoms with Crippen LogP contribution in [0.3, 0.4) is 0 Å². The van der Waals surface area contributed by atoms with Gasteiger partial charge in [-0.15, -0.1) is 0 Å². The molecule has 5 nitrogen and oxygen atoms in total. The predicted octanol–water partition coefficient (Wildman–Crippen LogP) is 1.58. The number of likely N-dealkylation sites (tertiary alicyclic amines) is 1. The molecule has 0 aromatic carbocycles. The molecule has 5 heteroatoms. The molecule has 1 fully saturated rings. The van der Waals surface area contributed by atoms with Crippen LogP contribution < -0.4 is 10.6 Å².